The van der Waals surface area contributed by atoms with Crippen LogP contribution >= 0.6 is 11.8 Å². The summed E-state index contributed by atoms with van der Waals surface area (Å²) in [6.07, 6.45) is 2.83. The lowest BCUT2D eigenvalue weighted by Crippen LogP contribution is -2.35. The fraction of sp³-hybridized carbons (Fsp3) is 0.304. The fourth-order valence-corrected chi connectivity index (χ4v) is 5.92. The normalized spacial score (nSPS) is 15.0. The van der Waals surface area contributed by atoms with Gasteiger partial charge in [0.15, 0.2) is 0 Å². The van der Waals surface area contributed by atoms with Gasteiger partial charge in [0.25, 0.3) is 5.22 Å². The zero-order valence-electron chi connectivity index (χ0n) is 18.5. The Morgan fingerprint density at radius 2 is 1.59 bits per heavy atom. The molecule has 0 radical (unpaired) electrons. The van der Waals surface area contributed by atoms with E-state index in [0.29, 0.717) is 41.4 Å². The first kappa shape index (κ1) is 22.8. The maximum Gasteiger partial charge on any atom is 0.277 e. The molecule has 1 fully saturated rings. The number of sulfonamides is 1. The first-order valence-corrected chi connectivity index (χ1v) is 13.4. The third-order valence-electron chi connectivity index (χ3n) is 5.49. The Labute approximate surface area is 201 Å². The zero-order valence-corrected chi connectivity index (χ0v) is 20.2. The Morgan fingerprint density at radius 1 is 0.882 bits per heavy atom. The van der Waals surface area contributed by atoms with Crippen LogP contribution in [0.1, 0.15) is 30.7 Å². The maximum absolute atomic E-state index is 13.0. The molecule has 11 heteroatoms. The second-order valence-corrected chi connectivity index (χ2v) is 10.9. The molecule has 2 aromatic carbocycles. The van der Waals surface area contributed by atoms with Gasteiger partial charge in [-0.1, -0.05) is 41.9 Å². The molecule has 9 nitrogen and oxygen atoms in total. The van der Waals surface area contributed by atoms with Crippen molar-refractivity contribution in [2.75, 3.05) is 13.1 Å². The van der Waals surface area contributed by atoms with Crippen LogP contribution in [-0.2, 0) is 15.8 Å². The molecule has 1 saturated heterocycles. The minimum atomic E-state index is -3.54. The number of hydrogen-bond acceptors (Lipinski definition) is 9. The zero-order chi connectivity index (χ0) is 23.5. The molecule has 5 rings (SSSR count). The van der Waals surface area contributed by atoms with Crippen molar-refractivity contribution in [2.45, 2.75) is 42.1 Å². The monoisotopic (exact) mass is 497 g/mol. The Balaban J connectivity index is 1.27. The van der Waals surface area contributed by atoms with Crippen molar-refractivity contribution >= 4 is 21.8 Å². The summed E-state index contributed by atoms with van der Waals surface area (Å²) < 4.78 is 39.0. The number of aromatic nitrogens is 4. The van der Waals surface area contributed by atoms with Crippen molar-refractivity contribution in [3.05, 3.63) is 60.0 Å². The van der Waals surface area contributed by atoms with Gasteiger partial charge < -0.3 is 8.83 Å². The first-order chi connectivity index (χ1) is 16.5. The standard InChI is InChI=1S/C23H23N5O4S2/c1-16-7-5-8-17(13-16)21-25-24-20(31-21)15-33-23-27-26-22(32-23)18-9-6-10-19(14-18)34(29,30)28-11-3-2-4-12-28/h5-10,13-14H,2-4,11-12,15H2,1H3. The average molecular weight is 498 g/mol. The van der Waals surface area contributed by atoms with Crippen molar-refractivity contribution in [3.8, 4) is 22.9 Å². The van der Waals surface area contributed by atoms with Gasteiger partial charge in [-0.15, -0.1) is 20.4 Å². The highest BCUT2D eigenvalue weighted by Crippen LogP contribution is 2.29. The SMILES string of the molecule is Cc1cccc(-c2nnc(CSc3nnc(-c4cccc(S(=O)(=O)N5CCCCC5)c4)o3)o2)c1. The molecule has 34 heavy (non-hydrogen) atoms. The molecule has 4 aromatic rings. The van der Waals surface area contributed by atoms with Crippen LogP contribution in [0.25, 0.3) is 22.9 Å². The van der Waals surface area contributed by atoms with Crippen molar-refractivity contribution in [1.82, 2.24) is 24.7 Å². The summed E-state index contributed by atoms with van der Waals surface area (Å²) >= 11 is 1.27. The smallest absolute Gasteiger partial charge is 0.277 e. The van der Waals surface area contributed by atoms with Gasteiger partial charge in [-0.2, -0.15) is 4.31 Å². The van der Waals surface area contributed by atoms with Gasteiger partial charge in [0.05, 0.1) is 10.6 Å². The van der Waals surface area contributed by atoms with Gasteiger partial charge in [-0.3, -0.25) is 0 Å². The van der Waals surface area contributed by atoms with Crippen LogP contribution in [0, 0.1) is 6.92 Å². The summed E-state index contributed by atoms with van der Waals surface area (Å²) in [5, 5.41) is 16.7. The molecule has 0 unspecified atom stereocenters. The number of benzene rings is 2. The molecule has 176 valence electrons. The van der Waals surface area contributed by atoms with E-state index in [0.717, 1.165) is 30.4 Å². The lowest BCUT2D eigenvalue weighted by atomic mass is 10.1. The second kappa shape index (κ2) is 9.69. The molecule has 0 spiro atoms. The number of hydrogen-bond donors (Lipinski definition) is 0. The van der Waals surface area contributed by atoms with Crippen LogP contribution in [0.15, 0.2) is 67.5 Å². The molecular weight excluding hydrogens is 474 g/mol. The van der Waals surface area contributed by atoms with Gasteiger partial charge in [0.1, 0.15) is 0 Å². The highest BCUT2D eigenvalue weighted by atomic mass is 32.2. The largest absolute Gasteiger partial charge is 0.420 e. The predicted octanol–water partition coefficient (Wildman–Crippen LogP) is 4.56. The molecule has 0 amide bonds. The van der Waals surface area contributed by atoms with Crippen molar-refractivity contribution in [1.29, 1.82) is 0 Å². The number of aryl methyl sites for hydroxylation is 1. The van der Waals surface area contributed by atoms with Crippen molar-refractivity contribution < 1.29 is 17.3 Å². The van der Waals surface area contributed by atoms with E-state index in [1.807, 2.05) is 31.2 Å². The van der Waals surface area contributed by atoms with Crippen LogP contribution in [0.4, 0.5) is 0 Å². The van der Waals surface area contributed by atoms with E-state index in [1.165, 1.54) is 11.8 Å². The Morgan fingerprint density at radius 3 is 2.38 bits per heavy atom. The van der Waals surface area contributed by atoms with Crippen molar-refractivity contribution in [2.24, 2.45) is 0 Å². The van der Waals surface area contributed by atoms with Gasteiger partial charge in [0, 0.05) is 24.2 Å². The number of piperidine rings is 1. The molecular formula is C23H23N5O4S2. The van der Waals surface area contributed by atoms with E-state index in [2.05, 4.69) is 20.4 Å². The molecule has 2 aromatic heterocycles. The van der Waals surface area contributed by atoms with E-state index in [-0.39, 0.29) is 10.8 Å². The fourth-order valence-electron chi connectivity index (χ4n) is 3.76. The lowest BCUT2D eigenvalue weighted by Gasteiger charge is -2.25. The summed E-state index contributed by atoms with van der Waals surface area (Å²) in [6.45, 7) is 3.10. The van der Waals surface area contributed by atoms with Crippen LogP contribution in [0.5, 0.6) is 0 Å². The molecule has 0 atom stereocenters. The highest BCUT2D eigenvalue weighted by molar-refractivity contribution is 7.98. The molecule has 1 aliphatic rings. The summed E-state index contributed by atoms with van der Waals surface area (Å²) in [5.74, 6) is 1.52. The quantitative estimate of drug-likeness (QED) is 0.339. The summed E-state index contributed by atoms with van der Waals surface area (Å²) in [7, 11) is -3.54. The maximum atomic E-state index is 13.0. The topological polar surface area (TPSA) is 115 Å². The predicted molar refractivity (Wildman–Crippen MR) is 126 cm³/mol. The van der Waals surface area contributed by atoms with E-state index in [9.17, 15) is 8.42 Å². The minimum Gasteiger partial charge on any atom is -0.420 e. The average Bonchev–Trinajstić information content (AvgIpc) is 3.53. The first-order valence-electron chi connectivity index (χ1n) is 11.0. The van der Waals surface area contributed by atoms with Crippen LogP contribution < -0.4 is 0 Å². The van der Waals surface area contributed by atoms with Gasteiger partial charge in [-0.05, 0) is 50.1 Å². The molecule has 0 saturated carbocycles. The van der Waals surface area contributed by atoms with E-state index >= 15 is 0 Å². The molecule has 0 aliphatic carbocycles. The number of nitrogens with zero attached hydrogens (tertiary/aromatic N) is 5. The van der Waals surface area contributed by atoms with Gasteiger partial charge in [0.2, 0.25) is 27.7 Å². The van der Waals surface area contributed by atoms with Gasteiger partial charge in [-0.25, -0.2) is 8.42 Å². The van der Waals surface area contributed by atoms with Gasteiger partial charge >= 0.3 is 0 Å². The summed E-state index contributed by atoms with van der Waals surface area (Å²) in [6, 6.07) is 14.5. The Bertz CT molecular complexity index is 1390. The van der Waals surface area contributed by atoms with E-state index < -0.39 is 10.0 Å². The minimum absolute atomic E-state index is 0.230. The Hall–Kier alpha value is -3.02. The van der Waals surface area contributed by atoms with E-state index in [4.69, 9.17) is 8.83 Å². The number of thioether (sulfide) groups is 1. The summed E-state index contributed by atoms with van der Waals surface area (Å²) in [4.78, 5) is 0.230. The third-order valence-corrected chi connectivity index (χ3v) is 8.19. The highest BCUT2D eigenvalue weighted by Gasteiger charge is 2.26. The molecule has 0 N–H and O–H groups in total. The second-order valence-electron chi connectivity index (χ2n) is 8.02. The molecule has 1 aliphatic heterocycles. The molecule has 0 bridgehead atoms. The van der Waals surface area contributed by atoms with Crippen LogP contribution in [0.2, 0.25) is 0 Å². The Kier molecular flexibility index (Phi) is 6.48. The van der Waals surface area contributed by atoms with Crippen molar-refractivity contribution in [3.63, 3.8) is 0 Å². The number of rotatable bonds is 7. The van der Waals surface area contributed by atoms with Crippen LogP contribution in [0.3, 0.4) is 0 Å². The van der Waals surface area contributed by atoms with Crippen LogP contribution in [-0.4, -0.2) is 46.2 Å². The van der Waals surface area contributed by atoms with E-state index in [1.54, 1.807) is 28.6 Å². The molecule has 3 heterocycles. The lowest BCUT2D eigenvalue weighted by molar-refractivity contribution is 0.346. The third kappa shape index (κ3) is 4.91. The summed E-state index contributed by atoms with van der Waals surface area (Å²) in [5.41, 5.74) is 2.53.